The van der Waals surface area contributed by atoms with Gasteiger partial charge < -0.3 is 5.32 Å². The number of hydrogen-bond acceptors (Lipinski definition) is 4. The molecule has 0 saturated carbocycles. The summed E-state index contributed by atoms with van der Waals surface area (Å²) < 4.78 is 1.71. The Labute approximate surface area is 114 Å². The van der Waals surface area contributed by atoms with E-state index >= 15 is 0 Å². The molecule has 0 radical (unpaired) electrons. The third kappa shape index (κ3) is 3.86. The zero-order valence-corrected chi connectivity index (χ0v) is 11.8. The highest BCUT2D eigenvalue weighted by atomic mass is 15.3. The molecular weight excluding hydrogens is 238 g/mol. The Bertz CT molecular complexity index is 505. The van der Waals surface area contributed by atoms with E-state index < -0.39 is 0 Å². The molecule has 5 nitrogen and oxygen atoms in total. The molecule has 2 aromatic rings. The summed E-state index contributed by atoms with van der Waals surface area (Å²) in [6.07, 6.45) is 5.28. The molecule has 0 unspecified atom stereocenters. The van der Waals surface area contributed by atoms with Crippen molar-refractivity contribution in [1.82, 2.24) is 25.1 Å². The van der Waals surface area contributed by atoms with Gasteiger partial charge in [-0.3, -0.25) is 0 Å². The molecule has 0 saturated heterocycles. The minimum Gasteiger partial charge on any atom is -0.310 e. The molecule has 0 atom stereocenters. The molecule has 1 N–H and O–H groups in total. The van der Waals surface area contributed by atoms with E-state index in [1.54, 1.807) is 11.0 Å². The lowest BCUT2D eigenvalue weighted by atomic mass is 10.1. The molecule has 0 amide bonds. The van der Waals surface area contributed by atoms with E-state index in [-0.39, 0.29) is 0 Å². The second-order valence-electron chi connectivity index (χ2n) is 4.95. The van der Waals surface area contributed by atoms with Crippen LogP contribution in [0, 0.1) is 0 Å². The Hall–Kier alpha value is -1.75. The summed E-state index contributed by atoms with van der Waals surface area (Å²) in [5, 5.41) is 7.58. The van der Waals surface area contributed by atoms with E-state index in [9.17, 15) is 0 Å². The lowest BCUT2D eigenvalue weighted by molar-refractivity contribution is 0.587. The van der Waals surface area contributed by atoms with Gasteiger partial charge in [0.15, 0.2) is 5.82 Å². The number of aryl methyl sites for hydroxylation is 1. The van der Waals surface area contributed by atoms with Crippen molar-refractivity contribution in [3.8, 4) is 5.82 Å². The topological polar surface area (TPSA) is 55.6 Å². The van der Waals surface area contributed by atoms with Crippen LogP contribution >= 0.6 is 0 Å². The van der Waals surface area contributed by atoms with Crippen LogP contribution in [0.1, 0.15) is 38.4 Å². The maximum atomic E-state index is 4.63. The van der Waals surface area contributed by atoms with E-state index in [0.29, 0.717) is 6.04 Å². The van der Waals surface area contributed by atoms with Crippen LogP contribution in [0.3, 0.4) is 0 Å². The van der Waals surface area contributed by atoms with Gasteiger partial charge in [-0.25, -0.2) is 14.6 Å². The number of nitrogens with zero attached hydrogens (tertiary/aromatic N) is 4. The van der Waals surface area contributed by atoms with Gasteiger partial charge in [0, 0.05) is 18.3 Å². The van der Waals surface area contributed by atoms with Crippen LogP contribution in [0.5, 0.6) is 0 Å². The molecule has 0 aliphatic heterocycles. The first-order chi connectivity index (χ1) is 9.19. The maximum absolute atomic E-state index is 4.63. The van der Waals surface area contributed by atoms with E-state index in [2.05, 4.69) is 53.3 Å². The lowest BCUT2D eigenvalue weighted by Crippen LogP contribution is -2.22. The molecule has 0 bridgehead atoms. The quantitative estimate of drug-likeness (QED) is 0.863. The maximum Gasteiger partial charge on any atom is 0.155 e. The summed E-state index contributed by atoms with van der Waals surface area (Å²) in [4.78, 5) is 8.60. The minimum atomic E-state index is 0.470. The summed E-state index contributed by atoms with van der Waals surface area (Å²) in [7, 11) is 0. The van der Waals surface area contributed by atoms with Gasteiger partial charge in [-0.1, -0.05) is 27.2 Å². The van der Waals surface area contributed by atoms with Gasteiger partial charge in [0.25, 0.3) is 0 Å². The molecule has 0 aliphatic rings. The minimum absolute atomic E-state index is 0.470. The van der Waals surface area contributed by atoms with Gasteiger partial charge in [-0.2, -0.15) is 5.10 Å². The van der Waals surface area contributed by atoms with Crippen LogP contribution in [-0.4, -0.2) is 25.8 Å². The van der Waals surface area contributed by atoms with E-state index in [1.807, 2.05) is 0 Å². The van der Waals surface area contributed by atoms with Crippen molar-refractivity contribution in [2.24, 2.45) is 0 Å². The zero-order chi connectivity index (χ0) is 13.7. The van der Waals surface area contributed by atoms with Gasteiger partial charge in [-0.15, -0.1) is 0 Å². The first-order valence-electron chi connectivity index (χ1n) is 6.77. The Balaban J connectivity index is 2.27. The molecule has 19 heavy (non-hydrogen) atoms. The smallest absolute Gasteiger partial charge is 0.155 e. The van der Waals surface area contributed by atoms with E-state index in [0.717, 1.165) is 30.9 Å². The second kappa shape index (κ2) is 6.43. The predicted octanol–water partition coefficient (Wildman–Crippen LogP) is 2.11. The molecular formula is C14H21N5. The molecule has 102 valence electrons. The Morgan fingerprint density at radius 2 is 2.16 bits per heavy atom. The monoisotopic (exact) mass is 259 g/mol. The number of pyridine rings is 1. The first-order valence-corrected chi connectivity index (χ1v) is 6.77. The molecule has 5 heteroatoms. The van der Waals surface area contributed by atoms with Crippen molar-refractivity contribution >= 4 is 0 Å². The summed E-state index contributed by atoms with van der Waals surface area (Å²) in [6.45, 7) is 7.30. The standard InChI is InChI=1S/C14H21N5/c1-4-5-13-6-12(8-16-11(2)3)7-14(18-13)19-10-15-9-17-19/h6-7,9-11,16H,4-5,8H2,1-3H3. The van der Waals surface area contributed by atoms with Gasteiger partial charge in [-0.05, 0) is 24.1 Å². The third-order valence-electron chi connectivity index (χ3n) is 2.80. The molecule has 0 aromatic carbocycles. The molecule has 2 rings (SSSR count). The van der Waals surface area contributed by atoms with E-state index in [1.165, 1.54) is 11.9 Å². The van der Waals surface area contributed by atoms with Crippen LogP contribution < -0.4 is 5.32 Å². The highest BCUT2D eigenvalue weighted by Crippen LogP contribution is 2.11. The molecule has 2 heterocycles. The summed E-state index contributed by atoms with van der Waals surface area (Å²) in [5.41, 5.74) is 2.34. The van der Waals surface area contributed by atoms with Crippen molar-refractivity contribution in [2.75, 3.05) is 0 Å². The normalized spacial score (nSPS) is 11.2. The largest absolute Gasteiger partial charge is 0.310 e. The molecule has 0 fully saturated rings. The lowest BCUT2D eigenvalue weighted by Gasteiger charge is -2.11. The molecule has 2 aromatic heterocycles. The fourth-order valence-corrected chi connectivity index (χ4v) is 1.89. The van der Waals surface area contributed by atoms with Crippen LogP contribution in [0.2, 0.25) is 0 Å². The van der Waals surface area contributed by atoms with Crippen molar-refractivity contribution in [3.05, 3.63) is 36.0 Å². The molecule has 0 aliphatic carbocycles. The Morgan fingerprint density at radius 1 is 1.32 bits per heavy atom. The van der Waals surface area contributed by atoms with Crippen molar-refractivity contribution in [3.63, 3.8) is 0 Å². The second-order valence-corrected chi connectivity index (χ2v) is 4.95. The van der Waals surface area contributed by atoms with Gasteiger partial charge >= 0.3 is 0 Å². The van der Waals surface area contributed by atoms with Crippen molar-refractivity contribution in [2.45, 2.75) is 46.2 Å². The fourth-order valence-electron chi connectivity index (χ4n) is 1.89. The zero-order valence-electron chi connectivity index (χ0n) is 11.8. The first kappa shape index (κ1) is 13.7. The van der Waals surface area contributed by atoms with Crippen molar-refractivity contribution in [1.29, 1.82) is 0 Å². The third-order valence-corrected chi connectivity index (χ3v) is 2.80. The highest BCUT2D eigenvalue weighted by molar-refractivity contribution is 5.30. The van der Waals surface area contributed by atoms with Crippen LogP contribution in [0.15, 0.2) is 24.8 Å². The Kier molecular flexibility index (Phi) is 4.63. The average molecular weight is 259 g/mol. The molecule has 0 spiro atoms. The number of nitrogens with one attached hydrogen (secondary N) is 1. The summed E-state index contributed by atoms with van der Waals surface area (Å²) >= 11 is 0. The SMILES string of the molecule is CCCc1cc(CNC(C)C)cc(-n2cncn2)n1. The van der Waals surface area contributed by atoms with Crippen molar-refractivity contribution < 1.29 is 0 Å². The predicted molar refractivity (Wildman–Crippen MR) is 75.1 cm³/mol. The fraction of sp³-hybridized carbons (Fsp3) is 0.500. The van der Waals surface area contributed by atoms with Crippen LogP contribution in [-0.2, 0) is 13.0 Å². The number of rotatable bonds is 6. The van der Waals surface area contributed by atoms with E-state index in [4.69, 9.17) is 0 Å². The Morgan fingerprint density at radius 3 is 2.79 bits per heavy atom. The number of hydrogen-bond donors (Lipinski definition) is 1. The summed E-state index contributed by atoms with van der Waals surface area (Å²) in [6, 6.07) is 4.69. The number of aromatic nitrogens is 4. The van der Waals surface area contributed by atoms with Crippen LogP contribution in [0.25, 0.3) is 5.82 Å². The summed E-state index contributed by atoms with van der Waals surface area (Å²) in [5.74, 6) is 0.837. The van der Waals surface area contributed by atoms with Gasteiger partial charge in [0.1, 0.15) is 12.7 Å². The average Bonchev–Trinajstić information content (AvgIpc) is 2.90. The van der Waals surface area contributed by atoms with Crippen LogP contribution in [0.4, 0.5) is 0 Å². The highest BCUT2D eigenvalue weighted by Gasteiger charge is 2.05. The van der Waals surface area contributed by atoms with Gasteiger partial charge in [0.05, 0.1) is 0 Å². The van der Waals surface area contributed by atoms with Gasteiger partial charge in [0.2, 0.25) is 0 Å².